The molecule has 3 fully saturated rings. The second kappa shape index (κ2) is 6.47. The summed E-state index contributed by atoms with van der Waals surface area (Å²) >= 11 is 0. The molecule has 0 spiro atoms. The minimum atomic E-state index is -0.522. The first-order chi connectivity index (χ1) is 14.0. The fourth-order valence-corrected chi connectivity index (χ4v) is 4.85. The van der Waals surface area contributed by atoms with E-state index in [0.717, 1.165) is 30.6 Å². The van der Waals surface area contributed by atoms with E-state index in [1.54, 1.807) is 0 Å². The van der Waals surface area contributed by atoms with Gasteiger partial charge in [-0.15, -0.1) is 0 Å². The maximum Gasteiger partial charge on any atom is 0.269 e. The number of non-ortho nitro benzene ring substituents is 1. The molecule has 2 aromatic carbocycles. The van der Waals surface area contributed by atoms with E-state index >= 15 is 0 Å². The summed E-state index contributed by atoms with van der Waals surface area (Å²) in [5, 5.41) is 15.1. The lowest BCUT2D eigenvalue weighted by Gasteiger charge is -2.29. The molecule has 3 saturated heterocycles. The number of amides is 2. The van der Waals surface area contributed by atoms with Crippen molar-refractivity contribution in [3.63, 3.8) is 0 Å². The number of hydrazine groups is 1. The average molecular weight is 392 g/mol. The highest BCUT2D eigenvalue weighted by Gasteiger charge is 2.62. The normalized spacial score (nSPS) is 26.8. The van der Waals surface area contributed by atoms with Crippen LogP contribution in [-0.2, 0) is 9.59 Å². The molecule has 3 aliphatic rings. The molecular weight excluding hydrogens is 372 g/mol. The van der Waals surface area contributed by atoms with Crippen molar-refractivity contribution in [2.24, 2.45) is 5.92 Å². The van der Waals surface area contributed by atoms with E-state index in [1.807, 2.05) is 36.2 Å². The van der Waals surface area contributed by atoms with Crippen LogP contribution in [0.15, 0.2) is 48.5 Å². The van der Waals surface area contributed by atoms with Crippen molar-refractivity contribution in [3.8, 4) is 0 Å². The monoisotopic (exact) mass is 392 g/mol. The Morgan fingerprint density at radius 2 is 1.52 bits per heavy atom. The van der Waals surface area contributed by atoms with Gasteiger partial charge in [-0.05, 0) is 31.0 Å². The number of nitro benzene ring substituents is 1. The number of rotatable bonds is 3. The molecule has 0 aromatic heterocycles. The zero-order valence-electron chi connectivity index (χ0n) is 15.9. The molecule has 5 rings (SSSR count). The standard InChI is InChI=1S/C21H20N4O4/c1-13-3-5-14(6-4-13)18-17-19(23-12-2-11-22(18)23)21(27)24(20(17)26)15-7-9-16(10-8-15)25(28)29/h3-10,17-19H,2,11-12H2,1H3/t17-,18+,19+/m1/s1. The quantitative estimate of drug-likeness (QED) is 0.453. The largest absolute Gasteiger partial charge is 0.274 e. The summed E-state index contributed by atoms with van der Waals surface area (Å²) in [5.74, 6) is -0.982. The number of imide groups is 1. The fraction of sp³-hybridized carbons (Fsp3) is 0.333. The molecule has 29 heavy (non-hydrogen) atoms. The van der Waals surface area contributed by atoms with Gasteiger partial charge in [-0.25, -0.2) is 14.9 Å². The molecule has 0 radical (unpaired) electrons. The summed E-state index contributed by atoms with van der Waals surface area (Å²) in [4.78, 5) is 38.3. The minimum absolute atomic E-state index is 0.0729. The summed E-state index contributed by atoms with van der Waals surface area (Å²) in [6.07, 6.45) is 0.949. The predicted molar refractivity (Wildman–Crippen MR) is 105 cm³/mol. The Hall–Kier alpha value is -3.10. The number of fused-ring (bicyclic) bond motifs is 3. The lowest BCUT2D eigenvalue weighted by molar-refractivity contribution is -0.384. The Labute approximate surface area is 167 Å². The Balaban J connectivity index is 1.54. The zero-order valence-corrected chi connectivity index (χ0v) is 15.9. The number of nitro groups is 1. The molecule has 8 heteroatoms. The van der Waals surface area contributed by atoms with Crippen LogP contribution in [-0.4, -0.2) is 45.9 Å². The second-order valence-electron chi connectivity index (χ2n) is 7.79. The maximum absolute atomic E-state index is 13.4. The molecule has 0 aliphatic carbocycles. The number of carbonyl (C=O) groups excluding carboxylic acids is 2. The fourth-order valence-electron chi connectivity index (χ4n) is 4.85. The highest BCUT2D eigenvalue weighted by molar-refractivity contribution is 6.24. The van der Waals surface area contributed by atoms with Crippen LogP contribution >= 0.6 is 0 Å². The van der Waals surface area contributed by atoms with Gasteiger partial charge in [-0.1, -0.05) is 29.8 Å². The van der Waals surface area contributed by atoms with Crippen molar-refractivity contribution in [2.45, 2.75) is 25.4 Å². The molecule has 0 unspecified atom stereocenters. The van der Waals surface area contributed by atoms with Gasteiger partial charge in [0.25, 0.3) is 11.6 Å². The van der Waals surface area contributed by atoms with Crippen LogP contribution in [0.5, 0.6) is 0 Å². The topological polar surface area (TPSA) is 87.0 Å². The van der Waals surface area contributed by atoms with Crippen LogP contribution in [0.1, 0.15) is 23.6 Å². The molecule has 0 bridgehead atoms. The third-order valence-corrected chi connectivity index (χ3v) is 6.14. The molecule has 2 amide bonds. The van der Waals surface area contributed by atoms with Crippen LogP contribution in [0, 0.1) is 23.0 Å². The van der Waals surface area contributed by atoms with E-state index in [0.29, 0.717) is 5.69 Å². The number of hydrogen-bond acceptors (Lipinski definition) is 6. The zero-order chi connectivity index (χ0) is 20.3. The van der Waals surface area contributed by atoms with Gasteiger partial charge in [0.15, 0.2) is 0 Å². The Bertz CT molecular complexity index is 1000. The van der Waals surface area contributed by atoms with E-state index in [4.69, 9.17) is 0 Å². The van der Waals surface area contributed by atoms with Crippen molar-refractivity contribution in [1.82, 2.24) is 10.0 Å². The summed E-state index contributed by atoms with van der Waals surface area (Å²) in [7, 11) is 0. The molecule has 3 atom stereocenters. The number of aryl methyl sites for hydroxylation is 1. The van der Waals surface area contributed by atoms with Gasteiger partial charge in [0.05, 0.1) is 22.6 Å². The van der Waals surface area contributed by atoms with E-state index in [9.17, 15) is 19.7 Å². The van der Waals surface area contributed by atoms with Gasteiger partial charge in [-0.2, -0.15) is 0 Å². The van der Waals surface area contributed by atoms with Crippen molar-refractivity contribution in [1.29, 1.82) is 0 Å². The highest BCUT2D eigenvalue weighted by atomic mass is 16.6. The van der Waals surface area contributed by atoms with Crippen LogP contribution in [0.25, 0.3) is 0 Å². The lowest BCUT2D eigenvalue weighted by atomic mass is 9.89. The van der Waals surface area contributed by atoms with Crippen molar-refractivity contribution >= 4 is 23.2 Å². The van der Waals surface area contributed by atoms with Gasteiger partial charge >= 0.3 is 0 Å². The number of nitrogens with zero attached hydrogens (tertiary/aromatic N) is 4. The molecule has 2 aromatic rings. The molecular formula is C21H20N4O4. The van der Waals surface area contributed by atoms with E-state index in [2.05, 4.69) is 5.01 Å². The Morgan fingerprint density at radius 3 is 2.14 bits per heavy atom. The Morgan fingerprint density at radius 1 is 0.897 bits per heavy atom. The van der Waals surface area contributed by atoms with Gasteiger partial charge in [0.1, 0.15) is 6.04 Å². The number of anilines is 1. The van der Waals surface area contributed by atoms with E-state index in [1.165, 1.54) is 29.2 Å². The van der Waals surface area contributed by atoms with Crippen LogP contribution < -0.4 is 4.90 Å². The van der Waals surface area contributed by atoms with Crippen LogP contribution in [0.3, 0.4) is 0 Å². The van der Waals surface area contributed by atoms with E-state index < -0.39 is 16.9 Å². The van der Waals surface area contributed by atoms with Crippen molar-refractivity contribution in [3.05, 3.63) is 69.8 Å². The first-order valence-corrected chi connectivity index (χ1v) is 9.69. The molecule has 3 aliphatic heterocycles. The molecule has 3 heterocycles. The second-order valence-corrected chi connectivity index (χ2v) is 7.79. The lowest BCUT2D eigenvalue weighted by Crippen LogP contribution is -2.44. The third kappa shape index (κ3) is 2.60. The molecule has 148 valence electrons. The summed E-state index contributed by atoms with van der Waals surface area (Å²) in [6, 6.07) is 13.0. The van der Waals surface area contributed by atoms with E-state index in [-0.39, 0.29) is 23.5 Å². The van der Waals surface area contributed by atoms with Gasteiger partial charge in [0.2, 0.25) is 5.91 Å². The van der Waals surface area contributed by atoms with Gasteiger partial charge in [0, 0.05) is 25.2 Å². The number of hydrogen-bond donors (Lipinski definition) is 0. The maximum atomic E-state index is 13.4. The third-order valence-electron chi connectivity index (χ3n) is 6.14. The van der Waals surface area contributed by atoms with Crippen molar-refractivity contribution in [2.75, 3.05) is 18.0 Å². The predicted octanol–water partition coefficient (Wildman–Crippen LogP) is 2.44. The minimum Gasteiger partial charge on any atom is -0.274 e. The molecule has 8 nitrogen and oxygen atoms in total. The first kappa shape index (κ1) is 18.0. The number of benzene rings is 2. The summed E-state index contributed by atoms with van der Waals surface area (Å²) in [6.45, 7) is 3.59. The average Bonchev–Trinajstić information content (AvgIpc) is 3.35. The molecule has 0 N–H and O–H groups in total. The SMILES string of the molecule is Cc1ccc([C@H]2[C@H]3C(=O)N(c4ccc([N+](=O)[O-])cc4)C(=O)[C@H]3N3CCCN23)cc1. The first-order valence-electron chi connectivity index (χ1n) is 9.69. The van der Waals surface area contributed by atoms with Crippen molar-refractivity contribution < 1.29 is 14.5 Å². The summed E-state index contributed by atoms with van der Waals surface area (Å²) in [5.41, 5.74) is 2.48. The van der Waals surface area contributed by atoms with Crippen LogP contribution in [0.4, 0.5) is 11.4 Å². The number of carbonyl (C=O) groups is 2. The molecule has 0 saturated carbocycles. The summed E-state index contributed by atoms with van der Waals surface area (Å²) < 4.78 is 0. The van der Waals surface area contributed by atoms with Gasteiger partial charge in [-0.3, -0.25) is 19.7 Å². The van der Waals surface area contributed by atoms with Crippen LogP contribution in [0.2, 0.25) is 0 Å². The highest BCUT2D eigenvalue weighted by Crippen LogP contribution is 2.48. The Kier molecular flexibility index (Phi) is 4.01. The smallest absolute Gasteiger partial charge is 0.269 e. The van der Waals surface area contributed by atoms with Gasteiger partial charge < -0.3 is 0 Å².